The fourth-order valence-electron chi connectivity index (χ4n) is 3.63. The number of anilines is 1. The second-order valence-corrected chi connectivity index (χ2v) is 7.06. The van der Waals surface area contributed by atoms with E-state index in [9.17, 15) is 0 Å². The van der Waals surface area contributed by atoms with Gasteiger partial charge in [0.1, 0.15) is 0 Å². The molecule has 0 aliphatic carbocycles. The van der Waals surface area contributed by atoms with Crippen LogP contribution in [0.4, 0.5) is 11.4 Å². The Morgan fingerprint density at radius 3 is 1.85 bits per heavy atom. The topological polar surface area (TPSA) is 20.5 Å². The van der Waals surface area contributed by atoms with E-state index in [1.54, 1.807) is 0 Å². The van der Waals surface area contributed by atoms with Crippen LogP contribution in [0.3, 0.4) is 0 Å². The Bertz CT molecular complexity index is 1090. The Kier molecular flexibility index (Phi) is 4.68. The number of aromatic nitrogens is 1. The van der Waals surface area contributed by atoms with Crippen LogP contribution in [0.15, 0.2) is 77.8 Å². The molecule has 0 fully saturated rings. The van der Waals surface area contributed by atoms with Crippen molar-refractivity contribution < 1.29 is 0 Å². The molecule has 0 amide bonds. The quantitative estimate of drug-likeness (QED) is 0.443. The molecule has 3 aromatic carbocycles. The molecule has 0 bridgehead atoms. The second-order valence-electron chi connectivity index (χ2n) is 7.06. The highest BCUT2D eigenvalue weighted by Crippen LogP contribution is 2.22. The van der Waals surface area contributed by atoms with Gasteiger partial charge < -0.3 is 9.47 Å². The first kappa shape index (κ1) is 17.3. The van der Waals surface area contributed by atoms with Crippen molar-refractivity contribution in [1.82, 2.24) is 4.57 Å². The third kappa shape index (κ3) is 3.21. The van der Waals surface area contributed by atoms with Crippen LogP contribution in [0.2, 0.25) is 0 Å². The van der Waals surface area contributed by atoms with E-state index in [2.05, 4.69) is 103 Å². The summed E-state index contributed by atoms with van der Waals surface area (Å²) in [5, 5.41) is 3.44. The smallest absolute Gasteiger partial charge is 0.0823 e. The number of fused-ring (bicyclic) bond motifs is 2. The highest BCUT2D eigenvalue weighted by Gasteiger charge is 2.08. The van der Waals surface area contributed by atoms with Crippen molar-refractivity contribution in [2.75, 3.05) is 19.0 Å². The average Bonchev–Trinajstić information content (AvgIpc) is 2.71. The molecular formula is C24H25N3. The zero-order valence-electron chi connectivity index (χ0n) is 16.2. The predicted octanol–water partition coefficient (Wildman–Crippen LogP) is 5.50. The molecule has 0 aliphatic heterocycles. The molecule has 0 saturated carbocycles. The lowest BCUT2D eigenvalue weighted by Crippen LogP contribution is -2.12. The number of aryl methyl sites for hydroxylation is 1. The van der Waals surface area contributed by atoms with Crippen molar-refractivity contribution in [3.8, 4) is 0 Å². The normalized spacial score (nSPS) is 11.1. The Morgan fingerprint density at radius 1 is 0.778 bits per heavy atom. The van der Waals surface area contributed by atoms with E-state index in [-0.39, 0.29) is 0 Å². The molecule has 0 radical (unpaired) electrons. The molecule has 1 aromatic heterocycles. The zero-order valence-corrected chi connectivity index (χ0v) is 16.2. The number of nitrogens with zero attached hydrogens (tertiary/aromatic N) is 3. The molecule has 0 saturated heterocycles. The van der Waals surface area contributed by atoms with Gasteiger partial charge in [-0.25, -0.2) is 4.99 Å². The van der Waals surface area contributed by atoms with Gasteiger partial charge in [-0.15, -0.1) is 0 Å². The highest BCUT2D eigenvalue weighted by molar-refractivity contribution is 5.93. The monoisotopic (exact) mass is 355 g/mol. The van der Waals surface area contributed by atoms with Crippen LogP contribution in [0.25, 0.3) is 21.8 Å². The molecule has 3 nitrogen and oxygen atoms in total. The van der Waals surface area contributed by atoms with Crippen LogP contribution in [-0.4, -0.2) is 18.7 Å². The van der Waals surface area contributed by atoms with E-state index in [1.165, 1.54) is 27.5 Å². The summed E-state index contributed by atoms with van der Waals surface area (Å²) < 4.78 is 2.42. The lowest BCUT2D eigenvalue weighted by atomic mass is 10.1. The summed E-state index contributed by atoms with van der Waals surface area (Å²) in [6.07, 6.45) is 1.10. The summed E-state index contributed by atoms with van der Waals surface area (Å²) in [7, 11) is 4.10. The number of hydrogen-bond acceptors (Lipinski definition) is 2. The van der Waals surface area contributed by atoms with E-state index in [0.717, 1.165) is 24.0 Å². The van der Waals surface area contributed by atoms with Crippen LogP contribution in [0, 0.1) is 0 Å². The molecular weight excluding hydrogens is 330 g/mol. The molecule has 4 rings (SSSR count). The molecule has 3 heteroatoms. The van der Waals surface area contributed by atoms with Gasteiger partial charge in [-0.1, -0.05) is 43.3 Å². The van der Waals surface area contributed by atoms with Gasteiger partial charge in [0.15, 0.2) is 0 Å². The summed E-state index contributed by atoms with van der Waals surface area (Å²) in [6.45, 7) is 3.22. The second kappa shape index (κ2) is 7.28. The van der Waals surface area contributed by atoms with E-state index < -0.39 is 0 Å². The van der Waals surface area contributed by atoms with Crippen molar-refractivity contribution in [2.24, 2.45) is 4.99 Å². The average molecular weight is 355 g/mol. The van der Waals surface area contributed by atoms with Crippen molar-refractivity contribution in [1.29, 1.82) is 0 Å². The largest absolute Gasteiger partial charge is 0.378 e. The van der Waals surface area contributed by atoms with Crippen molar-refractivity contribution in [2.45, 2.75) is 19.9 Å². The maximum absolute atomic E-state index is 5.07. The molecule has 136 valence electrons. The van der Waals surface area contributed by atoms with Crippen molar-refractivity contribution in [3.63, 3.8) is 0 Å². The Hall–Kier alpha value is -3.07. The summed E-state index contributed by atoms with van der Waals surface area (Å²) in [5.74, 6) is 0. The van der Waals surface area contributed by atoms with Crippen LogP contribution in [0.1, 0.15) is 13.3 Å². The molecule has 4 aromatic rings. The van der Waals surface area contributed by atoms with E-state index in [0.29, 0.717) is 0 Å². The Labute approximate surface area is 160 Å². The Morgan fingerprint density at radius 2 is 1.33 bits per heavy atom. The number of pyridine rings is 1. The fraction of sp³-hybridized carbons (Fsp3) is 0.208. The van der Waals surface area contributed by atoms with Gasteiger partial charge >= 0.3 is 0 Å². The third-order valence-electron chi connectivity index (χ3n) is 4.95. The van der Waals surface area contributed by atoms with Crippen LogP contribution < -0.4 is 10.3 Å². The summed E-state index contributed by atoms with van der Waals surface area (Å²) in [5.41, 5.74) is 4.63. The predicted molar refractivity (Wildman–Crippen MR) is 116 cm³/mol. The van der Waals surface area contributed by atoms with Gasteiger partial charge in [-0.3, -0.25) is 0 Å². The summed E-state index contributed by atoms with van der Waals surface area (Å²) >= 11 is 0. The minimum Gasteiger partial charge on any atom is -0.378 e. The maximum atomic E-state index is 5.07. The van der Waals surface area contributed by atoms with Gasteiger partial charge in [0, 0.05) is 37.1 Å². The number of hydrogen-bond donors (Lipinski definition) is 0. The standard InChI is InChI=1S/C24H25N3/c1-4-17-27-22-11-7-5-9-20(22)24(21-10-6-8-12-23(21)27)25-18-13-15-19(16-14-18)26(2)3/h5-16H,4,17H2,1-3H3. The molecule has 0 unspecified atom stereocenters. The molecule has 27 heavy (non-hydrogen) atoms. The van der Waals surface area contributed by atoms with Gasteiger partial charge in [0.2, 0.25) is 0 Å². The third-order valence-corrected chi connectivity index (χ3v) is 4.95. The number of para-hydroxylation sites is 2. The molecule has 0 spiro atoms. The summed E-state index contributed by atoms with van der Waals surface area (Å²) in [4.78, 5) is 7.17. The minimum atomic E-state index is 0.976. The molecule has 1 heterocycles. The van der Waals surface area contributed by atoms with Gasteiger partial charge in [-0.2, -0.15) is 0 Å². The van der Waals surface area contributed by atoms with Crippen molar-refractivity contribution in [3.05, 3.63) is 78.2 Å². The SMILES string of the molecule is CCCn1c2ccccc2c(=Nc2ccc(N(C)C)cc2)c2ccccc21. The molecule has 0 atom stereocenters. The van der Waals surface area contributed by atoms with Gasteiger partial charge in [0.05, 0.1) is 22.1 Å². The number of rotatable bonds is 4. The van der Waals surface area contributed by atoms with Crippen LogP contribution in [-0.2, 0) is 6.54 Å². The highest BCUT2D eigenvalue weighted by atomic mass is 15.1. The first-order valence-electron chi connectivity index (χ1n) is 9.51. The number of benzene rings is 3. The first-order valence-corrected chi connectivity index (χ1v) is 9.51. The maximum Gasteiger partial charge on any atom is 0.0823 e. The minimum absolute atomic E-state index is 0.976. The fourth-order valence-corrected chi connectivity index (χ4v) is 3.63. The first-order chi connectivity index (χ1) is 13.2. The molecule has 0 aliphatic rings. The van der Waals surface area contributed by atoms with Crippen LogP contribution in [0.5, 0.6) is 0 Å². The lowest BCUT2D eigenvalue weighted by Gasteiger charge is -2.16. The van der Waals surface area contributed by atoms with Crippen molar-refractivity contribution >= 4 is 33.2 Å². The Balaban J connectivity index is 2.05. The zero-order chi connectivity index (χ0) is 18.8. The van der Waals surface area contributed by atoms with Crippen LogP contribution >= 0.6 is 0 Å². The van der Waals surface area contributed by atoms with E-state index in [4.69, 9.17) is 4.99 Å². The molecule has 0 N–H and O–H groups in total. The van der Waals surface area contributed by atoms with Gasteiger partial charge in [-0.05, 0) is 42.8 Å². The van der Waals surface area contributed by atoms with E-state index in [1.807, 2.05) is 0 Å². The summed E-state index contributed by atoms with van der Waals surface area (Å²) in [6, 6.07) is 25.6. The van der Waals surface area contributed by atoms with Gasteiger partial charge in [0.25, 0.3) is 0 Å². The van der Waals surface area contributed by atoms with E-state index >= 15 is 0 Å². The lowest BCUT2D eigenvalue weighted by molar-refractivity contribution is 0.720.